The molecule has 0 aliphatic heterocycles. The predicted octanol–water partition coefficient (Wildman–Crippen LogP) is 3.09. The molecule has 0 aromatic heterocycles. The molecule has 0 radical (unpaired) electrons. The van der Waals surface area contributed by atoms with Crippen molar-refractivity contribution >= 4 is 0 Å². The maximum Gasteiger partial charge on any atom is 0.0477 e. The molecule has 2 heteroatoms. The molecule has 2 nitrogen and oxygen atoms in total. The highest BCUT2D eigenvalue weighted by Crippen LogP contribution is 2.25. The van der Waals surface area contributed by atoms with E-state index in [1.165, 1.54) is 11.1 Å². The van der Waals surface area contributed by atoms with Crippen molar-refractivity contribution in [2.24, 2.45) is 5.92 Å². The van der Waals surface area contributed by atoms with Gasteiger partial charge < -0.3 is 10.4 Å². The van der Waals surface area contributed by atoms with E-state index in [-0.39, 0.29) is 18.6 Å². The first-order valence-corrected chi connectivity index (χ1v) is 6.52. The van der Waals surface area contributed by atoms with Crippen molar-refractivity contribution in [2.45, 2.75) is 39.2 Å². The van der Waals surface area contributed by atoms with E-state index < -0.39 is 0 Å². The summed E-state index contributed by atoms with van der Waals surface area (Å²) in [4.78, 5) is 0. The van der Waals surface area contributed by atoms with E-state index in [1.54, 1.807) is 0 Å². The van der Waals surface area contributed by atoms with Gasteiger partial charge in [-0.3, -0.25) is 0 Å². The Kier molecular flexibility index (Phi) is 5.66. The maximum absolute atomic E-state index is 9.39. The molecule has 1 aromatic rings. The summed E-state index contributed by atoms with van der Waals surface area (Å²) in [6.07, 6.45) is 0.980. The summed E-state index contributed by atoms with van der Waals surface area (Å²) >= 11 is 0. The van der Waals surface area contributed by atoms with Crippen molar-refractivity contribution in [3.05, 3.63) is 35.4 Å². The standard InChI is InChI=1S/C15H25NO/c1-5-12(10-17)15(16-4)14-8-6-13(7-9-14)11(2)3/h6-9,11-12,15-17H,5,10H2,1-4H3. The van der Waals surface area contributed by atoms with Gasteiger partial charge in [-0.05, 0) is 30.5 Å². The molecule has 2 N–H and O–H groups in total. The molecule has 0 aliphatic rings. The van der Waals surface area contributed by atoms with Gasteiger partial charge in [0.1, 0.15) is 0 Å². The van der Waals surface area contributed by atoms with Crippen LogP contribution in [0.4, 0.5) is 0 Å². The van der Waals surface area contributed by atoms with Crippen molar-refractivity contribution < 1.29 is 5.11 Å². The first kappa shape index (κ1) is 14.2. The highest BCUT2D eigenvalue weighted by Gasteiger charge is 2.19. The summed E-state index contributed by atoms with van der Waals surface area (Å²) in [7, 11) is 1.96. The van der Waals surface area contributed by atoms with Gasteiger partial charge in [0, 0.05) is 18.6 Å². The van der Waals surface area contributed by atoms with Crippen LogP contribution in [0, 0.1) is 5.92 Å². The summed E-state index contributed by atoms with van der Waals surface area (Å²) in [5.41, 5.74) is 2.62. The number of benzene rings is 1. The Morgan fingerprint density at radius 2 is 1.65 bits per heavy atom. The minimum Gasteiger partial charge on any atom is -0.396 e. The molecule has 0 spiro atoms. The van der Waals surface area contributed by atoms with Crippen LogP contribution in [-0.4, -0.2) is 18.8 Å². The lowest BCUT2D eigenvalue weighted by atomic mass is 9.90. The van der Waals surface area contributed by atoms with Crippen molar-refractivity contribution in [2.75, 3.05) is 13.7 Å². The SMILES string of the molecule is CCC(CO)C(NC)c1ccc(C(C)C)cc1. The maximum atomic E-state index is 9.39. The average molecular weight is 235 g/mol. The van der Waals surface area contributed by atoms with Crippen LogP contribution in [0.5, 0.6) is 0 Å². The van der Waals surface area contributed by atoms with E-state index >= 15 is 0 Å². The lowest BCUT2D eigenvalue weighted by molar-refractivity contribution is 0.189. The number of nitrogens with one attached hydrogen (secondary N) is 1. The van der Waals surface area contributed by atoms with E-state index in [2.05, 4.69) is 50.4 Å². The molecule has 0 saturated carbocycles. The van der Waals surface area contributed by atoms with Crippen molar-refractivity contribution in [3.8, 4) is 0 Å². The van der Waals surface area contributed by atoms with Gasteiger partial charge in [-0.15, -0.1) is 0 Å². The van der Waals surface area contributed by atoms with Crippen molar-refractivity contribution in [3.63, 3.8) is 0 Å². The molecule has 2 unspecified atom stereocenters. The quantitative estimate of drug-likeness (QED) is 0.794. The lowest BCUT2D eigenvalue weighted by Crippen LogP contribution is -2.27. The van der Waals surface area contributed by atoms with Crippen molar-refractivity contribution in [1.29, 1.82) is 0 Å². The van der Waals surface area contributed by atoms with E-state index in [0.717, 1.165) is 6.42 Å². The number of aliphatic hydroxyl groups excluding tert-OH is 1. The van der Waals surface area contributed by atoms with E-state index in [9.17, 15) is 5.11 Å². The number of hydrogen-bond donors (Lipinski definition) is 2. The Hall–Kier alpha value is -0.860. The monoisotopic (exact) mass is 235 g/mol. The van der Waals surface area contributed by atoms with Crippen LogP contribution in [0.25, 0.3) is 0 Å². The van der Waals surface area contributed by atoms with Gasteiger partial charge in [0.2, 0.25) is 0 Å². The minimum atomic E-state index is 0.230. The van der Waals surface area contributed by atoms with Gasteiger partial charge in [0.15, 0.2) is 0 Å². The van der Waals surface area contributed by atoms with E-state index in [0.29, 0.717) is 5.92 Å². The molecular formula is C15H25NO. The van der Waals surface area contributed by atoms with Crippen LogP contribution < -0.4 is 5.32 Å². The van der Waals surface area contributed by atoms with Crippen LogP contribution >= 0.6 is 0 Å². The first-order chi connectivity index (χ1) is 8.13. The predicted molar refractivity (Wildman–Crippen MR) is 73.2 cm³/mol. The third kappa shape index (κ3) is 3.55. The number of hydrogen-bond acceptors (Lipinski definition) is 2. The summed E-state index contributed by atoms with van der Waals surface area (Å²) in [5, 5.41) is 12.7. The largest absolute Gasteiger partial charge is 0.396 e. The molecule has 0 saturated heterocycles. The summed E-state index contributed by atoms with van der Waals surface area (Å²) in [6.45, 7) is 6.75. The molecule has 96 valence electrons. The normalized spacial score (nSPS) is 14.9. The third-order valence-electron chi connectivity index (χ3n) is 3.50. The highest BCUT2D eigenvalue weighted by molar-refractivity contribution is 5.27. The zero-order valence-electron chi connectivity index (χ0n) is 11.4. The second-order valence-corrected chi connectivity index (χ2v) is 4.94. The Morgan fingerprint density at radius 1 is 1.12 bits per heavy atom. The van der Waals surface area contributed by atoms with Gasteiger partial charge >= 0.3 is 0 Å². The molecule has 17 heavy (non-hydrogen) atoms. The van der Waals surface area contributed by atoms with E-state index in [4.69, 9.17) is 0 Å². The lowest BCUT2D eigenvalue weighted by Gasteiger charge is -2.25. The smallest absolute Gasteiger partial charge is 0.0477 e. The Labute approximate surface area is 105 Å². The Bertz CT molecular complexity index is 314. The summed E-state index contributed by atoms with van der Waals surface area (Å²) in [6, 6.07) is 8.97. The fourth-order valence-electron chi connectivity index (χ4n) is 2.23. The van der Waals surface area contributed by atoms with Crippen molar-refractivity contribution in [1.82, 2.24) is 5.32 Å². The third-order valence-corrected chi connectivity index (χ3v) is 3.50. The highest BCUT2D eigenvalue weighted by atomic mass is 16.3. The first-order valence-electron chi connectivity index (χ1n) is 6.52. The van der Waals surface area contributed by atoms with Gasteiger partial charge in [0.05, 0.1) is 0 Å². The fourth-order valence-corrected chi connectivity index (χ4v) is 2.23. The second kappa shape index (κ2) is 6.77. The van der Waals surface area contributed by atoms with Crippen LogP contribution in [-0.2, 0) is 0 Å². The molecule has 0 heterocycles. The van der Waals surface area contributed by atoms with Crippen LogP contribution in [0.15, 0.2) is 24.3 Å². The van der Waals surface area contributed by atoms with Gasteiger partial charge in [-0.2, -0.15) is 0 Å². The van der Waals surface area contributed by atoms with Gasteiger partial charge in [-0.1, -0.05) is 45.0 Å². The molecule has 1 rings (SSSR count). The molecule has 1 aromatic carbocycles. The van der Waals surface area contributed by atoms with E-state index in [1.807, 2.05) is 7.05 Å². The average Bonchev–Trinajstić information content (AvgIpc) is 2.36. The Morgan fingerprint density at radius 3 is 2.00 bits per heavy atom. The molecular weight excluding hydrogens is 210 g/mol. The van der Waals surface area contributed by atoms with Gasteiger partial charge in [-0.25, -0.2) is 0 Å². The van der Waals surface area contributed by atoms with Crippen LogP contribution in [0.1, 0.15) is 50.3 Å². The topological polar surface area (TPSA) is 32.3 Å². The fraction of sp³-hybridized carbons (Fsp3) is 0.600. The minimum absolute atomic E-state index is 0.230. The molecule has 0 amide bonds. The van der Waals surface area contributed by atoms with Crippen LogP contribution in [0.2, 0.25) is 0 Å². The van der Waals surface area contributed by atoms with Crippen LogP contribution in [0.3, 0.4) is 0 Å². The Balaban J connectivity index is 2.89. The molecule has 0 bridgehead atoms. The number of aliphatic hydroxyl groups is 1. The zero-order chi connectivity index (χ0) is 12.8. The second-order valence-electron chi connectivity index (χ2n) is 4.94. The summed E-state index contributed by atoms with van der Waals surface area (Å²) in [5.74, 6) is 0.849. The zero-order valence-corrected chi connectivity index (χ0v) is 11.4. The molecule has 0 aliphatic carbocycles. The summed E-state index contributed by atoms with van der Waals surface area (Å²) < 4.78 is 0. The number of rotatable bonds is 6. The molecule has 0 fully saturated rings. The molecule has 2 atom stereocenters. The van der Waals surface area contributed by atoms with Gasteiger partial charge in [0.25, 0.3) is 0 Å².